The van der Waals surface area contributed by atoms with E-state index in [-0.39, 0.29) is 12.5 Å². The minimum Gasteiger partial charge on any atom is -0.495 e. The number of benzene rings is 2. The second-order valence-corrected chi connectivity index (χ2v) is 5.76. The number of ether oxygens (including phenoxy) is 1. The number of hydrogen-bond donors (Lipinski definition) is 1. The van der Waals surface area contributed by atoms with E-state index in [0.29, 0.717) is 16.5 Å². The zero-order valence-corrected chi connectivity index (χ0v) is 14.3. The van der Waals surface area contributed by atoms with E-state index in [1.54, 1.807) is 25.3 Å². The van der Waals surface area contributed by atoms with Crippen LogP contribution in [-0.4, -0.2) is 22.6 Å². The maximum absolute atomic E-state index is 12.4. The first kappa shape index (κ1) is 16.3. The van der Waals surface area contributed by atoms with Crippen LogP contribution in [0.15, 0.2) is 42.5 Å². The first-order valence-corrected chi connectivity index (χ1v) is 8.07. The summed E-state index contributed by atoms with van der Waals surface area (Å²) < 4.78 is 7.05. The van der Waals surface area contributed by atoms with Gasteiger partial charge in [-0.05, 0) is 30.3 Å². The van der Waals surface area contributed by atoms with E-state index in [9.17, 15) is 4.79 Å². The first-order chi connectivity index (χ1) is 11.6. The number of imidazole rings is 1. The van der Waals surface area contributed by atoms with Crippen molar-refractivity contribution < 1.29 is 9.53 Å². The zero-order chi connectivity index (χ0) is 17.1. The molecule has 0 unspecified atom stereocenters. The number of amides is 1. The number of methoxy groups -OCH3 is 1. The fourth-order valence-corrected chi connectivity index (χ4v) is 2.92. The standard InChI is InChI=1S/C18H18ClN3O2/c1-3-17-21-14-6-4-5-7-15(14)22(17)11-18(23)20-12-8-9-16(24-2)13(19)10-12/h4-10H,3,11H2,1-2H3,(H,20,23). The number of halogens is 1. The van der Waals surface area contributed by atoms with Crippen molar-refractivity contribution >= 4 is 34.2 Å². The minimum absolute atomic E-state index is 0.130. The highest BCUT2D eigenvalue weighted by Crippen LogP contribution is 2.27. The minimum atomic E-state index is -0.130. The highest BCUT2D eigenvalue weighted by atomic mass is 35.5. The van der Waals surface area contributed by atoms with Crippen molar-refractivity contribution in [1.82, 2.24) is 9.55 Å². The Morgan fingerprint density at radius 1 is 1.29 bits per heavy atom. The molecule has 0 fully saturated rings. The molecule has 24 heavy (non-hydrogen) atoms. The van der Waals surface area contributed by atoms with Crippen molar-refractivity contribution in [3.8, 4) is 5.75 Å². The maximum atomic E-state index is 12.4. The fraction of sp³-hybridized carbons (Fsp3) is 0.222. The third-order valence-electron chi connectivity index (χ3n) is 3.79. The van der Waals surface area contributed by atoms with E-state index in [1.165, 1.54) is 0 Å². The van der Waals surface area contributed by atoms with Crippen LogP contribution >= 0.6 is 11.6 Å². The molecule has 0 bridgehead atoms. The molecule has 5 nitrogen and oxygen atoms in total. The largest absolute Gasteiger partial charge is 0.495 e. The molecule has 0 saturated heterocycles. The number of carbonyl (C=O) groups is 1. The summed E-state index contributed by atoms with van der Waals surface area (Å²) in [6.45, 7) is 2.23. The van der Waals surface area contributed by atoms with E-state index in [2.05, 4.69) is 10.3 Å². The zero-order valence-electron chi connectivity index (χ0n) is 13.5. The van der Waals surface area contributed by atoms with Crippen LogP contribution in [-0.2, 0) is 17.8 Å². The van der Waals surface area contributed by atoms with E-state index >= 15 is 0 Å². The molecule has 3 aromatic rings. The van der Waals surface area contributed by atoms with Crippen molar-refractivity contribution in [2.75, 3.05) is 12.4 Å². The summed E-state index contributed by atoms with van der Waals surface area (Å²) in [5, 5.41) is 3.32. The number of fused-ring (bicyclic) bond motifs is 1. The molecule has 0 saturated carbocycles. The van der Waals surface area contributed by atoms with Crippen molar-refractivity contribution in [1.29, 1.82) is 0 Å². The molecular weight excluding hydrogens is 326 g/mol. The van der Waals surface area contributed by atoms with Crippen molar-refractivity contribution in [3.05, 3.63) is 53.3 Å². The summed E-state index contributed by atoms with van der Waals surface area (Å²) in [6.07, 6.45) is 0.760. The number of nitrogens with zero attached hydrogens (tertiary/aromatic N) is 2. The molecule has 0 aliphatic carbocycles. The van der Waals surface area contributed by atoms with E-state index < -0.39 is 0 Å². The van der Waals surface area contributed by atoms with E-state index in [1.807, 2.05) is 35.8 Å². The summed E-state index contributed by atoms with van der Waals surface area (Å²) in [5.41, 5.74) is 2.49. The average Bonchev–Trinajstić information content (AvgIpc) is 2.93. The van der Waals surface area contributed by atoms with Crippen molar-refractivity contribution in [2.24, 2.45) is 0 Å². The lowest BCUT2D eigenvalue weighted by molar-refractivity contribution is -0.116. The average molecular weight is 344 g/mol. The van der Waals surface area contributed by atoms with Gasteiger partial charge in [0.15, 0.2) is 0 Å². The predicted molar refractivity (Wildman–Crippen MR) is 95.7 cm³/mol. The number of rotatable bonds is 5. The third kappa shape index (κ3) is 3.21. The Morgan fingerprint density at radius 2 is 2.08 bits per heavy atom. The Hall–Kier alpha value is -2.53. The van der Waals surface area contributed by atoms with Crippen LogP contribution in [0.2, 0.25) is 5.02 Å². The van der Waals surface area contributed by atoms with Gasteiger partial charge in [-0.2, -0.15) is 0 Å². The highest BCUT2D eigenvalue weighted by molar-refractivity contribution is 6.32. The Labute approximate surface area is 145 Å². The van der Waals surface area contributed by atoms with Gasteiger partial charge in [0, 0.05) is 12.1 Å². The number of para-hydroxylation sites is 2. The van der Waals surface area contributed by atoms with E-state index in [0.717, 1.165) is 23.3 Å². The molecule has 3 rings (SSSR count). The van der Waals surface area contributed by atoms with Crippen LogP contribution in [0.3, 0.4) is 0 Å². The lowest BCUT2D eigenvalue weighted by atomic mass is 10.3. The van der Waals surface area contributed by atoms with Crippen molar-refractivity contribution in [2.45, 2.75) is 19.9 Å². The van der Waals surface area contributed by atoms with Gasteiger partial charge < -0.3 is 14.6 Å². The summed E-state index contributed by atoms with van der Waals surface area (Å²) in [4.78, 5) is 17.0. The maximum Gasteiger partial charge on any atom is 0.244 e. The molecule has 0 aliphatic heterocycles. The second-order valence-electron chi connectivity index (χ2n) is 5.35. The SMILES string of the molecule is CCc1nc2ccccc2n1CC(=O)Nc1ccc(OC)c(Cl)c1. The van der Waals surface area contributed by atoms with Gasteiger partial charge >= 0.3 is 0 Å². The molecule has 1 aromatic heterocycles. The normalized spacial score (nSPS) is 10.8. The predicted octanol–water partition coefficient (Wildman–Crippen LogP) is 3.90. The van der Waals surface area contributed by atoms with Crippen LogP contribution in [0.1, 0.15) is 12.7 Å². The van der Waals surface area contributed by atoms with Gasteiger partial charge in [0.2, 0.25) is 5.91 Å². The molecule has 124 valence electrons. The Morgan fingerprint density at radius 3 is 2.79 bits per heavy atom. The smallest absolute Gasteiger partial charge is 0.244 e. The number of carbonyl (C=O) groups excluding carboxylic acids is 1. The van der Waals surface area contributed by atoms with Gasteiger partial charge in [-0.25, -0.2) is 4.98 Å². The fourth-order valence-electron chi connectivity index (χ4n) is 2.66. The molecule has 0 atom stereocenters. The number of aromatic nitrogens is 2. The highest BCUT2D eigenvalue weighted by Gasteiger charge is 2.13. The molecule has 1 amide bonds. The first-order valence-electron chi connectivity index (χ1n) is 7.70. The van der Waals surface area contributed by atoms with Crippen LogP contribution in [0, 0.1) is 0 Å². The van der Waals surface area contributed by atoms with Crippen LogP contribution < -0.4 is 10.1 Å². The van der Waals surface area contributed by atoms with Crippen LogP contribution in [0.25, 0.3) is 11.0 Å². The lowest BCUT2D eigenvalue weighted by Gasteiger charge is -2.10. The second kappa shape index (κ2) is 6.93. The van der Waals surface area contributed by atoms with Gasteiger partial charge in [-0.3, -0.25) is 4.79 Å². The topological polar surface area (TPSA) is 56.2 Å². The molecule has 0 radical (unpaired) electrons. The monoisotopic (exact) mass is 343 g/mol. The van der Waals surface area contributed by atoms with Crippen LogP contribution in [0.4, 0.5) is 5.69 Å². The van der Waals surface area contributed by atoms with Gasteiger partial charge in [0.1, 0.15) is 18.1 Å². The Balaban J connectivity index is 1.81. The lowest BCUT2D eigenvalue weighted by Crippen LogP contribution is -2.20. The van der Waals surface area contributed by atoms with Crippen molar-refractivity contribution in [3.63, 3.8) is 0 Å². The van der Waals surface area contributed by atoms with E-state index in [4.69, 9.17) is 16.3 Å². The van der Waals surface area contributed by atoms with Gasteiger partial charge in [0.05, 0.1) is 23.2 Å². The summed E-state index contributed by atoms with van der Waals surface area (Å²) in [6, 6.07) is 13.0. The number of aryl methyl sites for hydroxylation is 1. The summed E-state index contributed by atoms with van der Waals surface area (Å²) in [5.74, 6) is 1.33. The summed E-state index contributed by atoms with van der Waals surface area (Å²) in [7, 11) is 1.55. The molecular formula is C18H18ClN3O2. The Bertz CT molecular complexity index is 889. The van der Waals surface area contributed by atoms with Gasteiger partial charge in [-0.15, -0.1) is 0 Å². The number of hydrogen-bond acceptors (Lipinski definition) is 3. The van der Waals surface area contributed by atoms with Crippen LogP contribution in [0.5, 0.6) is 5.75 Å². The molecule has 0 aliphatic rings. The summed E-state index contributed by atoms with van der Waals surface area (Å²) >= 11 is 6.09. The Kier molecular flexibility index (Phi) is 4.71. The molecule has 2 aromatic carbocycles. The molecule has 6 heteroatoms. The number of nitrogens with one attached hydrogen (secondary N) is 1. The quantitative estimate of drug-likeness (QED) is 0.764. The molecule has 1 N–H and O–H groups in total. The van der Waals surface area contributed by atoms with Gasteiger partial charge in [0.25, 0.3) is 0 Å². The number of anilines is 1. The molecule has 1 heterocycles. The molecule has 0 spiro atoms. The van der Waals surface area contributed by atoms with Gasteiger partial charge in [-0.1, -0.05) is 30.7 Å². The third-order valence-corrected chi connectivity index (χ3v) is 4.08.